The third-order valence-electron chi connectivity index (χ3n) is 0.136. The summed E-state index contributed by atoms with van der Waals surface area (Å²) < 4.78 is 22.0. The van der Waals surface area contributed by atoms with E-state index in [-0.39, 0.29) is 51.4 Å². The molecule has 0 aromatic rings. The van der Waals surface area contributed by atoms with Gasteiger partial charge in [-0.25, -0.2) is 0 Å². The third kappa shape index (κ3) is 9.15. The minimum atomic E-state index is -2.32. The Kier molecular flexibility index (Phi) is 11.6. The van der Waals surface area contributed by atoms with E-state index < -0.39 is 11.0 Å². The van der Waals surface area contributed by atoms with Crippen molar-refractivity contribution in [2.45, 2.75) is 0 Å². The summed E-state index contributed by atoms with van der Waals surface area (Å²) in [6.45, 7) is 0. The molecule has 0 aromatic heterocycles. The fraction of sp³-hybridized carbons (Fsp3) is 0. The van der Waals surface area contributed by atoms with Crippen molar-refractivity contribution < 1.29 is 63.9 Å². The van der Waals surface area contributed by atoms with Gasteiger partial charge in [-0.05, 0) is 0 Å². The van der Waals surface area contributed by atoms with Crippen molar-refractivity contribution in [2.75, 3.05) is 0 Å². The fourth-order valence-electron chi connectivity index (χ4n) is 0. The third-order valence-corrected chi connectivity index (χ3v) is 0.408. The topological polar surface area (TPSA) is 43.4 Å². The van der Waals surface area contributed by atoms with Crippen molar-refractivity contribution in [2.24, 2.45) is 0 Å². The Morgan fingerprint density at radius 3 is 1.67 bits per heavy atom. The maximum atomic E-state index is 9.15. The largest absolute Gasteiger partial charge is 1.00 e. The van der Waals surface area contributed by atoms with E-state index >= 15 is 0 Å². The minimum Gasteiger partial charge on any atom is -0.494 e. The second-order valence-corrected chi connectivity index (χ2v) is 1.11. The van der Waals surface area contributed by atoms with E-state index in [1.807, 2.05) is 0 Å². The fourth-order valence-corrected chi connectivity index (χ4v) is 0. The van der Waals surface area contributed by atoms with Crippen LogP contribution in [0.15, 0.2) is 0 Å². The molecule has 0 saturated heterocycles. The van der Waals surface area contributed by atoms with Crippen LogP contribution >= 0.6 is 0 Å². The second kappa shape index (κ2) is 6.61. The summed E-state index contributed by atoms with van der Waals surface area (Å²) in [5.74, 6) is 0. The minimum absolute atomic E-state index is 0. The number of rotatable bonds is 1. The molecule has 0 aliphatic carbocycles. The maximum Gasteiger partial charge on any atom is 1.00 e. The van der Waals surface area contributed by atoms with Gasteiger partial charge in [0.1, 0.15) is 0 Å². The predicted molar refractivity (Wildman–Crippen MR) is 18.4 cm³/mol. The zero-order valence-corrected chi connectivity index (χ0v) is 7.57. The first-order chi connectivity index (χ1) is 2.27. The Labute approximate surface area is 81.5 Å². The van der Waals surface area contributed by atoms with Crippen LogP contribution in [-0.2, 0) is 23.5 Å². The van der Waals surface area contributed by atoms with E-state index in [1.165, 1.54) is 0 Å². The van der Waals surface area contributed by atoms with Crippen LogP contribution < -0.4 is 51.4 Å². The number of hydrogen-bond donors (Lipinski definition) is 0. The van der Waals surface area contributed by atoms with E-state index in [4.69, 9.17) is 8.42 Å². The van der Waals surface area contributed by atoms with Gasteiger partial charge in [0.2, 0.25) is 8.05 Å². The molecule has 0 radical (unpaired) electrons. The summed E-state index contributed by atoms with van der Waals surface area (Å²) in [7, 11) is -1.24. The van der Waals surface area contributed by atoms with Crippen molar-refractivity contribution in [3.8, 4) is 0 Å². The molecule has 0 amide bonds. The molecule has 0 heterocycles. The standard InChI is InChI=1S/BH2O3S.K/c1-4-5(2)3;/h1H2;/q-1;+1. The Hall–Kier alpha value is 1.61. The quantitative estimate of drug-likeness (QED) is 0.268. The first kappa shape index (κ1) is 10.6. The zero-order valence-electron chi connectivity index (χ0n) is 3.63. The maximum absolute atomic E-state index is 9.15. The molecule has 0 N–H and O–H groups in total. The van der Waals surface area contributed by atoms with Crippen LogP contribution in [0.3, 0.4) is 0 Å². The van der Waals surface area contributed by atoms with Gasteiger partial charge < -0.3 is 12.5 Å². The summed E-state index contributed by atoms with van der Waals surface area (Å²) in [5.41, 5.74) is 0. The normalized spacial score (nSPS) is 7.50. The van der Waals surface area contributed by atoms with Gasteiger partial charge in [-0.3, -0.25) is 0 Å². The molecule has 0 bridgehead atoms. The van der Waals surface area contributed by atoms with E-state index in [9.17, 15) is 0 Å². The van der Waals surface area contributed by atoms with E-state index in [1.54, 1.807) is 0 Å². The molecule has 6 heteroatoms. The van der Waals surface area contributed by atoms with Crippen LogP contribution in [0.2, 0.25) is 0 Å². The Balaban J connectivity index is 0. The Morgan fingerprint density at radius 2 is 1.67 bits per heavy atom. The van der Waals surface area contributed by atoms with Crippen molar-refractivity contribution in [3.05, 3.63) is 0 Å². The van der Waals surface area contributed by atoms with Gasteiger partial charge in [0.25, 0.3) is 0 Å². The molecule has 6 heavy (non-hydrogen) atoms. The Bertz CT molecular complexity index is 68.9. The summed E-state index contributed by atoms with van der Waals surface area (Å²) in [4.78, 5) is 0. The van der Waals surface area contributed by atoms with Crippen molar-refractivity contribution >= 4 is 19.0 Å². The molecule has 0 rings (SSSR count). The van der Waals surface area contributed by atoms with Crippen LogP contribution in [0.25, 0.3) is 0 Å². The van der Waals surface area contributed by atoms with Crippen LogP contribution in [0.1, 0.15) is 0 Å². The average Bonchev–Trinajstić information content (AvgIpc) is 1.38. The average molecular weight is 132 g/mol. The van der Waals surface area contributed by atoms with Crippen LogP contribution in [-0.4, -0.2) is 8.05 Å². The van der Waals surface area contributed by atoms with E-state index in [2.05, 4.69) is 4.10 Å². The number of hydrogen-bond acceptors (Lipinski definition) is 4. The second-order valence-electron chi connectivity index (χ2n) is 0.371. The first-order valence-corrected chi connectivity index (χ1v) is 1.91. The molecule has 0 aromatic carbocycles. The van der Waals surface area contributed by atoms with E-state index in [0.717, 1.165) is 8.05 Å². The summed E-state index contributed by atoms with van der Waals surface area (Å²) in [5, 5.41) is 0. The summed E-state index contributed by atoms with van der Waals surface area (Å²) in [6, 6.07) is 0. The summed E-state index contributed by atoms with van der Waals surface area (Å²) in [6.07, 6.45) is 0. The van der Waals surface area contributed by atoms with E-state index in [0.29, 0.717) is 0 Å². The molecular formula is H2BKO3S. The van der Waals surface area contributed by atoms with Gasteiger partial charge in [0.15, 0.2) is 0 Å². The van der Waals surface area contributed by atoms with Gasteiger partial charge in [-0.15, -0.1) is 0 Å². The SMILES string of the molecule is BO[S-](=O)=O.[K+]. The Morgan fingerprint density at radius 1 is 1.50 bits per heavy atom. The monoisotopic (exact) mass is 132 g/mol. The van der Waals surface area contributed by atoms with Gasteiger partial charge in [-0.1, -0.05) is 0 Å². The zero-order chi connectivity index (χ0) is 4.28. The molecule has 0 aliphatic heterocycles. The predicted octanol–water partition coefficient (Wildman–Crippen LogP) is -4.22. The van der Waals surface area contributed by atoms with Crippen LogP contribution in [0.5, 0.6) is 0 Å². The van der Waals surface area contributed by atoms with Gasteiger partial charge in [0, 0.05) is 11.0 Å². The molecule has 0 spiro atoms. The first-order valence-electron chi connectivity index (χ1n) is 0.908. The van der Waals surface area contributed by atoms with Gasteiger partial charge in [-0.2, -0.15) is 0 Å². The molecule has 0 aliphatic rings. The molecule has 0 atom stereocenters. The van der Waals surface area contributed by atoms with Crippen molar-refractivity contribution in [1.29, 1.82) is 0 Å². The van der Waals surface area contributed by atoms with Crippen LogP contribution in [0.4, 0.5) is 0 Å². The molecule has 30 valence electrons. The molecular weight excluding hydrogens is 130 g/mol. The molecule has 0 saturated carbocycles. The molecule has 0 fully saturated rings. The van der Waals surface area contributed by atoms with Crippen molar-refractivity contribution in [1.82, 2.24) is 0 Å². The van der Waals surface area contributed by atoms with Gasteiger partial charge >= 0.3 is 51.4 Å². The molecule has 3 nitrogen and oxygen atoms in total. The molecule has 0 unspecified atom stereocenters. The van der Waals surface area contributed by atoms with Crippen molar-refractivity contribution in [3.63, 3.8) is 0 Å². The smallest absolute Gasteiger partial charge is 0.494 e. The van der Waals surface area contributed by atoms with Gasteiger partial charge in [0.05, 0.1) is 0 Å². The summed E-state index contributed by atoms with van der Waals surface area (Å²) >= 11 is 0. The van der Waals surface area contributed by atoms with Crippen LogP contribution in [0, 0.1) is 0 Å².